The minimum absolute atomic E-state index is 0.123. The molecule has 1 aliphatic heterocycles. The van der Waals surface area contributed by atoms with E-state index in [1.165, 1.54) is 0 Å². The van der Waals surface area contributed by atoms with Gasteiger partial charge in [-0.25, -0.2) is 0 Å². The van der Waals surface area contributed by atoms with Crippen LogP contribution in [-0.4, -0.2) is 27.3 Å². The van der Waals surface area contributed by atoms with Gasteiger partial charge in [-0.3, -0.25) is 14.8 Å². The van der Waals surface area contributed by atoms with Crippen molar-refractivity contribution in [3.63, 3.8) is 0 Å². The van der Waals surface area contributed by atoms with Crippen molar-refractivity contribution >= 4 is 5.91 Å². The smallest absolute Gasteiger partial charge is 0.227 e. The molecule has 0 N–H and O–H groups in total. The number of hydrogen-bond donors (Lipinski definition) is 0. The average molecular weight is 295 g/mol. The van der Waals surface area contributed by atoms with Crippen LogP contribution in [0.3, 0.4) is 0 Å². The van der Waals surface area contributed by atoms with E-state index in [9.17, 15) is 4.79 Å². The number of aryl methyl sites for hydroxylation is 2. The molecule has 0 bridgehead atoms. The number of aromatic nitrogens is 2. The number of pyridine rings is 2. The molecule has 1 unspecified atom stereocenters. The summed E-state index contributed by atoms with van der Waals surface area (Å²) >= 11 is 0. The van der Waals surface area contributed by atoms with Gasteiger partial charge in [-0.1, -0.05) is 6.07 Å². The van der Waals surface area contributed by atoms with Gasteiger partial charge < -0.3 is 4.90 Å². The quantitative estimate of drug-likeness (QED) is 0.874. The molecule has 3 rings (SSSR count). The Labute approximate surface area is 131 Å². The highest BCUT2D eigenvalue weighted by atomic mass is 16.2. The summed E-state index contributed by atoms with van der Waals surface area (Å²) in [6.07, 6.45) is 4.28. The van der Waals surface area contributed by atoms with Crippen molar-refractivity contribution in [2.24, 2.45) is 0 Å². The first-order valence-corrected chi connectivity index (χ1v) is 7.78. The Morgan fingerprint density at radius 2 is 2.05 bits per heavy atom. The van der Waals surface area contributed by atoms with Crippen LogP contribution in [-0.2, 0) is 11.2 Å². The normalized spacial score (nSPS) is 17.7. The third kappa shape index (κ3) is 3.16. The Bertz CT molecular complexity index is 649. The van der Waals surface area contributed by atoms with Gasteiger partial charge in [0.15, 0.2) is 0 Å². The molecule has 1 aliphatic rings. The van der Waals surface area contributed by atoms with E-state index in [2.05, 4.69) is 9.97 Å². The molecule has 3 heterocycles. The predicted octanol–water partition coefficient (Wildman–Crippen LogP) is 3.00. The number of carbonyl (C=O) groups is 1. The van der Waals surface area contributed by atoms with Crippen LogP contribution < -0.4 is 0 Å². The van der Waals surface area contributed by atoms with Gasteiger partial charge in [0, 0.05) is 24.1 Å². The van der Waals surface area contributed by atoms with E-state index >= 15 is 0 Å². The first-order valence-electron chi connectivity index (χ1n) is 7.78. The Kier molecular flexibility index (Phi) is 4.18. The Hall–Kier alpha value is -2.23. The van der Waals surface area contributed by atoms with Crippen molar-refractivity contribution in [2.45, 2.75) is 39.2 Å². The van der Waals surface area contributed by atoms with Crippen molar-refractivity contribution in [2.75, 3.05) is 6.54 Å². The molecule has 4 heteroatoms. The molecule has 1 fully saturated rings. The summed E-state index contributed by atoms with van der Waals surface area (Å²) in [7, 11) is 0. The van der Waals surface area contributed by atoms with E-state index in [-0.39, 0.29) is 11.9 Å². The van der Waals surface area contributed by atoms with Crippen LogP contribution in [0.1, 0.15) is 41.5 Å². The van der Waals surface area contributed by atoms with Gasteiger partial charge >= 0.3 is 0 Å². The fourth-order valence-corrected chi connectivity index (χ4v) is 3.25. The summed E-state index contributed by atoms with van der Waals surface area (Å²) < 4.78 is 0. The molecule has 1 saturated heterocycles. The van der Waals surface area contributed by atoms with Gasteiger partial charge in [0.05, 0.1) is 18.2 Å². The van der Waals surface area contributed by atoms with Crippen LogP contribution >= 0.6 is 0 Å². The fraction of sp³-hybridized carbons (Fsp3) is 0.389. The van der Waals surface area contributed by atoms with Gasteiger partial charge in [-0.2, -0.15) is 0 Å². The molecule has 114 valence electrons. The van der Waals surface area contributed by atoms with E-state index in [0.717, 1.165) is 42.0 Å². The zero-order chi connectivity index (χ0) is 15.5. The Morgan fingerprint density at radius 3 is 2.73 bits per heavy atom. The maximum absolute atomic E-state index is 12.7. The van der Waals surface area contributed by atoms with E-state index in [1.807, 2.05) is 49.1 Å². The maximum atomic E-state index is 12.7. The van der Waals surface area contributed by atoms with E-state index in [1.54, 1.807) is 6.20 Å². The van der Waals surface area contributed by atoms with E-state index in [4.69, 9.17) is 0 Å². The van der Waals surface area contributed by atoms with Crippen LogP contribution in [0.4, 0.5) is 0 Å². The largest absolute Gasteiger partial charge is 0.334 e. The number of amides is 1. The van der Waals surface area contributed by atoms with E-state index in [0.29, 0.717) is 6.42 Å². The second-order valence-corrected chi connectivity index (χ2v) is 5.93. The summed E-state index contributed by atoms with van der Waals surface area (Å²) in [5, 5.41) is 0. The van der Waals surface area contributed by atoms with Crippen LogP contribution in [0.25, 0.3) is 0 Å². The van der Waals surface area contributed by atoms with Crippen molar-refractivity contribution in [3.05, 3.63) is 59.2 Å². The molecule has 22 heavy (non-hydrogen) atoms. The van der Waals surface area contributed by atoms with Gasteiger partial charge in [-0.15, -0.1) is 0 Å². The van der Waals surface area contributed by atoms with Gasteiger partial charge in [0.2, 0.25) is 5.91 Å². The number of nitrogens with zero attached hydrogens (tertiary/aromatic N) is 3. The molecule has 0 aromatic carbocycles. The lowest BCUT2D eigenvalue weighted by Crippen LogP contribution is -2.32. The number of likely N-dealkylation sites (tertiary alicyclic amines) is 1. The van der Waals surface area contributed by atoms with Crippen LogP contribution in [0.15, 0.2) is 36.5 Å². The molecule has 2 aromatic rings. The highest BCUT2D eigenvalue weighted by Gasteiger charge is 2.30. The first-order chi connectivity index (χ1) is 10.6. The molecule has 0 saturated carbocycles. The third-order valence-corrected chi connectivity index (χ3v) is 4.10. The summed E-state index contributed by atoms with van der Waals surface area (Å²) in [6, 6.07) is 10.0. The summed E-state index contributed by atoms with van der Waals surface area (Å²) in [4.78, 5) is 23.5. The summed E-state index contributed by atoms with van der Waals surface area (Å²) in [6.45, 7) is 4.75. The molecule has 2 aromatic heterocycles. The van der Waals surface area contributed by atoms with Crippen molar-refractivity contribution < 1.29 is 4.79 Å². The average Bonchev–Trinajstić information content (AvgIpc) is 2.96. The standard InChI is InChI=1S/C18H21N3O/c1-13-10-15(11-14(2)20-13)12-18(22)21-9-5-7-17(21)16-6-3-4-8-19-16/h3-4,6,8,10-11,17H,5,7,9,12H2,1-2H3. The Balaban J connectivity index is 1.76. The Morgan fingerprint density at radius 1 is 1.27 bits per heavy atom. The molecular formula is C18H21N3O. The number of rotatable bonds is 3. The monoisotopic (exact) mass is 295 g/mol. The molecule has 1 atom stereocenters. The van der Waals surface area contributed by atoms with E-state index < -0.39 is 0 Å². The second kappa shape index (κ2) is 6.26. The molecular weight excluding hydrogens is 274 g/mol. The first kappa shape index (κ1) is 14.7. The highest BCUT2D eigenvalue weighted by molar-refractivity contribution is 5.79. The van der Waals surface area contributed by atoms with Gasteiger partial charge in [0.25, 0.3) is 0 Å². The molecule has 0 radical (unpaired) electrons. The zero-order valence-electron chi connectivity index (χ0n) is 13.1. The van der Waals surface area contributed by atoms with Crippen LogP contribution in [0, 0.1) is 13.8 Å². The third-order valence-electron chi connectivity index (χ3n) is 4.10. The highest BCUT2D eigenvalue weighted by Crippen LogP contribution is 2.31. The van der Waals surface area contributed by atoms with Crippen molar-refractivity contribution in [1.29, 1.82) is 0 Å². The molecule has 0 aliphatic carbocycles. The minimum atomic E-state index is 0.123. The lowest BCUT2D eigenvalue weighted by molar-refractivity contribution is -0.131. The van der Waals surface area contributed by atoms with Crippen LogP contribution in [0.2, 0.25) is 0 Å². The number of hydrogen-bond acceptors (Lipinski definition) is 3. The molecule has 0 spiro atoms. The number of carbonyl (C=O) groups excluding carboxylic acids is 1. The maximum Gasteiger partial charge on any atom is 0.227 e. The van der Waals surface area contributed by atoms with Crippen molar-refractivity contribution in [3.8, 4) is 0 Å². The van der Waals surface area contributed by atoms with Gasteiger partial charge in [0.1, 0.15) is 0 Å². The topological polar surface area (TPSA) is 46.1 Å². The minimum Gasteiger partial charge on any atom is -0.334 e. The lowest BCUT2D eigenvalue weighted by Gasteiger charge is -2.24. The second-order valence-electron chi connectivity index (χ2n) is 5.93. The summed E-state index contributed by atoms with van der Waals surface area (Å²) in [5.74, 6) is 0.179. The molecule has 1 amide bonds. The fourth-order valence-electron chi connectivity index (χ4n) is 3.25. The van der Waals surface area contributed by atoms with Crippen LogP contribution in [0.5, 0.6) is 0 Å². The van der Waals surface area contributed by atoms with Gasteiger partial charge in [-0.05, 0) is 56.5 Å². The predicted molar refractivity (Wildman–Crippen MR) is 85.3 cm³/mol. The van der Waals surface area contributed by atoms with Crippen molar-refractivity contribution in [1.82, 2.24) is 14.9 Å². The SMILES string of the molecule is Cc1cc(CC(=O)N2CCCC2c2ccccn2)cc(C)n1. The lowest BCUT2D eigenvalue weighted by atomic mass is 10.1. The summed E-state index contributed by atoms with van der Waals surface area (Å²) in [5.41, 5.74) is 3.97. The molecule has 4 nitrogen and oxygen atoms in total. The zero-order valence-corrected chi connectivity index (χ0v) is 13.1.